The van der Waals surface area contributed by atoms with Gasteiger partial charge in [-0.05, 0) is 20.4 Å². The number of hydrogen-bond acceptors (Lipinski definition) is 1. The first kappa shape index (κ1) is 9.63. The molecule has 0 aliphatic carbocycles. The third-order valence-corrected chi connectivity index (χ3v) is 1.21. The van der Waals surface area contributed by atoms with Gasteiger partial charge in [-0.15, -0.1) is 0 Å². The molecule has 0 saturated carbocycles. The highest BCUT2D eigenvalue weighted by molar-refractivity contribution is 4.90. The Balaban J connectivity index is 3.25. The average Bonchev–Trinajstić information content (AvgIpc) is 1.82. The molecule has 0 fully saturated rings. The fraction of sp³-hybridized carbons (Fsp3) is 0.750. The Morgan fingerprint density at radius 3 is 2.60 bits per heavy atom. The second-order valence-corrected chi connectivity index (χ2v) is 2.74. The lowest BCUT2D eigenvalue weighted by Crippen LogP contribution is -2.21. The molecule has 0 radical (unpaired) electrons. The maximum atomic E-state index is 11.6. The molecule has 0 aromatic heterocycles. The summed E-state index contributed by atoms with van der Waals surface area (Å²) < 4.78 is 11.6. The van der Waals surface area contributed by atoms with Crippen LogP contribution in [-0.4, -0.2) is 31.7 Å². The lowest BCUT2D eigenvalue weighted by Gasteiger charge is -2.14. The van der Waals surface area contributed by atoms with E-state index >= 15 is 0 Å². The van der Waals surface area contributed by atoms with Crippen molar-refractivity contribution in [1.82, 2.24) is 4.90 Å². The quantitative estimate of drug-likeness (QED) is 0.534. The van der Waals surface area contributed by atoms with Crippen molar-refractivity contribution in [3.63, 3.8) is 0 Å². The van der Waals surface area contributed by atoms with E-state index in [2.05, 4.69) is 11.5 Å². The van der Waals surface area contributed by atoms with Crippen LogP contribution in [0.2, 0.25) is 0 Å². The number of rotatable bonds is 5. The van der Waals surface area contributed by atoms with Crippen molar-refractivity contribution in [3.8, 4) is 0 Å². The van der Waals surface area contributed by atoms with Gasteiger partial charge >= 0.3 is 0 Å². The first-order chi connectivity index (χ1) is 4.66. The average molecular weight is 145 g/mol. The molecule has 0 rings (SSSR count). The van der Waals surface area contributed by atoms with Crippen LogP contribution in [-0.2, 0) is 0 Å². The molecule has 0 aliphatic heterocycles. The molecule has 0 saturated heterocycles. The largest absolute Gasteiger partial charge is 0.302 e. The Labute approximate surface area is 62.5 Å². The zero-order valence-electron chi connectivity index (χ0n) is 6.86. The molecular formula is C8H16FN. The molecule has 0 aromatic carbocycles. The maximum absolute atomic E-state index is 11.6. The second-order valence-electron chi connectivity index (χ2n) is 2.74. The summed E-state index contributed by atoms with van der Waals surface area (Å²) in [6, 6.07) is 0. The van der Waals surface area contributed by atoms with Gasteiger partial charge < -0.3 is 4.90 Å². The highest BCUT2D eigenvalue weighted by Gasteiger charge is 1.96. The van der Waals surface area contributed by atoms with Crippen LogP contribution in [0.1, 0.15) is 13.3 Å². The Hall–Kier alpha value is -0.370. The van der Waals surface area contributed by atoms with E-state index in [4.69, 9.17) is 0 Å². The van der Waals surface area contributed by atoms with Crippen LogP contribution in [0, 0.1) is 0 Å². The first-order valence-electron chi connectivity index (χ1n) is 3.55. The van der Waals surface area contributed by atoms with Gasteiger partial charge in [0.15, 0.2) is 0 Å². The Kier molecular flexibility index (Phi) is 5.22. The standard InChI is InChI=1S/C8H16FN/c1-8(2)7-10(3)6-4-5-9/h1,4-7H2,2-3H3. The molecule has 60 valence electrons. The van der Waals surface area contributed by atoms with E-state index in [9.17, 15) is 4.39 Å². The van der Waals surface area contributed by atoms with Crippen molar-refractivity contribution in [2.24, 2.45) is 0 Å². The lowest BCUT2D eigenvalue weighted by atomic mass is 10.3. The van der Waals surface area contributed by atoms with Crippen LogP contribution in [0.3, 0.4) is 0 Å². The van der Waals surface area contributed by atoms with Gasteiger partial charge in [-0.3, -0.25) is 4.39 Å². The van der Waals surface area contributed by atoms with Crippen LogP contribution >= 0.6 is 0 Å². The fourth-order valence-electron chi connectivity index (χ4n) is 0.870. The summed E-state index contributed by atoms with van der Waals surface area (Å²) in [5, 5.41) is 0. The summed E-state index contributed by atoms with van der Waals surface area (Å²) >= 11 is 0. The van der Waals surface area contributed by atoms with Gasteiger partial charge in [-0.1, -0.05) is 12.2 Å². The predicted molar refractivity (Wildman–Crippen MR) is 42.9 cm³/mol. The van der Waals surface area contributed by atoms with Crippen molar-refractivity contribution in [2.75, 3.05) is 26.8 Å². The van der Waals surface area contributed by atoms with Crippen LogP contribution in [0.15, 0.2) is 12.2 Å². The van der Waals surface area contributed by atoms with Gasteiger partial charge in [0, 0.05) is 13.1 Å². The van der Waals surface area contributed by atoms with E-state index in [-0.39, 0.29) is 6.67 Å². The topological polar surface area (TPSA) is 3.24 Å². The summed E-state index contributed by atoms with van der Waals surface area (Å²) in [5.74, 6) is 0. The fourth-order valence-corrected chi connectivity index (χ4v) is 0.870. The Morgan fingerprint density at radius 1 is 1.60 bits per heavy atom. The third kappa shape index (κ3) is 5.76. The zero-order chi connectivity index (χ0) is 7.98. The molecule has 0 atom stereocenters. The van der Waals surface area contributed by atoms with E-state index < -0.39 is 0 Å². The minimum atomic E-state index is -0.222. The summed E-state index contributed by atoms with van der Waals surface area (Å²) in [6.45, 7) is 7.22. The van der Waals surface area contributed by atoms with Crippen LogP contribution < -0.4 is 0 Å². The van der Waals surface area contributed by atoms with Gasteiger partial charge in [0.25, 0.3) is 0 Å². The first-order valence-corrected chi connectivity index (χ1v) is 3.55. The lowest BCUT2D eigenvalue weighted by molar-refractivity contribution is 0.330. The molecule has 10 heavy (non-hydrogen) atoms. The summed E-state index contributed by atoms with van der Waals surface area (Å²) in [7, 11) is 1.98. The molecule has 0 heterocycles. The van der Waals surface area contributed by atoms with E-state index in [1.807, 2.05) is 14.0 Å². The zero-order valence-corrected chi connectivity index (χ0v) is 6.86. The Bertz CT molecular complexity index is 101. The number of likely N-dealkylation sites (N-methyl/N-ethyl adjacent to an activating group) is 1. The molecule has 1 nitrogen and oxygen atoms in total. The van der Waals surface area contributed by atoms with Crippen LogP contribution in [0.5, 0.6) is 0 Å². The molecule has 0 bridgehead atoms. The van der Waals surface area contributed by atoms with E-state index in [1.165, 1.54) is 0 Å². The van der Waals surface area contributed by atoms with E-state index in [1.54, 1.807) is 0 Å². The van der Waals surface area contributed by atoms with Crippen molar-refractivity contribution in [2.45, 2.75) is 13.3 Å². The summed E-state index contributed by atoms with van der Waals surface area (Å²) in [6.07, 6.45) is 0.629. The minimum Gasteiger partial charge on any atom is -0.302 e. The molecule has 0 aliphatic rings. The third-order valence-electron chi connectivity index (χ3n) is 1.21. The molecule has 0 amide bonds. The second kappa shape index (κ2) is 5.42. The summed E-state index contributed by atoms with van der Waals surface area (Å²) in [4.78, 5) is 2.07. The monoisotopic (exact) mass is 145 g/mol. The molecule has 2 heteroatoms. The van der Waals surface area contributed by atoms with Gasteiger partial charge in [-0.2, -0.15) is 0 Å². The predicted octanol–water partition coefficient (Wildman–Crippen LogP) is 1.85. The number of halogens is 1. The smallest absolute Gasteiger partial charge is 0.0906 e. The van der Waals surface area contributed by atoms with Gasteiger partial charge in [-0.25, -0.2) is 0 Å². The molecular weight excluding hydrogens is 129 g/mol. The maximum Gasteiger partial charge on any atom is 0.0906 e. The number of nitrogens with zero attached hydrogens (tertiary/aromatic N) is 1. The highest BCUT2D eigenvalue weighted by Crippen LogP contribution is 1.93. The summed E-state index contributed by atoms with van der Waals surface area (Å²) in [5.41, 5.74) is 1.13. The number of alkyl halides is 1. The molecule has 0 aromatic rings. The SMILES string of the molecule is C=C(C)CN(C)CCCF. The Morgan fingerprint density at radius 2 is 2.20 bits per heavy atom. The van der Waals surface area contributed by atoms with Crippen LogP contribution in [0.25, 0.3) is 0 Å². The van der Waals surface area contributed by atoms with E-state index in [0.29, 0.717) is 6.42 Å². The van der Waals surface area contributed by atoms with Crippen LogP contribution in [0.4, 0.5) is 4.39 Å². The van der Waals surface area contributed by atoms with Gasteiger partial charge in [0.1, 0.15) is 0 Å². The minimum absolute atomic E-state index is 0.222. The van der Waals surface area contributed by atoms with Crippen molar-refractivity contribution in [3.05, 3.63) is 12.2 Å². The molecule has 0 unspecified atom stereocenters. The molecule has 0 spiro atoms. The normalized spacial score (nSPS) is 10.4. The number of hydrogen-bond donors (Lipinski definition) is 0. The van der Waals surface area contributed by atoms with Crippen molar-refractivity contribution >= 4 is 0 Å². The van der Waals surface area contributed by atoms with E-state index in [0.717, 1.165) is 18.7 Å². The van der Waals surface area contributed by atoms with Crippen molar-refractivity contribution < 1.29 is 4.39 Å². The van der Waals surface area contributed by atoms with Gasteiger partial charge in [0.05, 0.1) is 6.67 Å². The molecule has 0 N–H and O–H groups in total. The van der Waals surface area contributed by atoms with Gasteiger partial charge in [0.2, 0.25) is 0 Å². The van der Waals surface area contributed by atoms with Crippen molar-refractivity contribution in [1.29, 1.82) is 0 Å². The highest BCUT2D eigenvalue weighted by atomic mass is 19.1.